The molecule has 0 amide bonds. The highest BCUT2D eigenvalue weighted by molar-refractivity contribution is 7.85. The lowest BCUT2D eigenvalue weighted by Crippen LogP contribution is -2.41. The van der Waals surface area contributed by atoms with Gasteiger partial charge >= 0.3 is 0 Å². The fourth-order valence-electron chi connectivity index (χ4n) is 1.99. The van der Waals surface area contributed by atoms with Crippen molar-refractivity contribution in [2.24, 2.45) is 0 Å². The summed E-state index contributed by atoms with van der Waals surface area (Å²) >= 11 is 0. The largest absolute Gasteiger partial charge is 0.308 e. The summed E-state index contributed by atoms with van der Waals surface area (Å²) in [4.78, 5) is 0. The van der Waals surface area contributed by atoms with Gasteiger partial charge in [-0.25, -0.2) is 0 Å². The monoisotopic (exact) mass is 237 g/mol. The van der Waals surface area contributed by atoms with E-state index in [0.29, 0.717) is 0 Å². The van der Waals surface area contributed by atoms with Crippen LogP contribution in [0.1, 0.15) is 31.0 Å². The second-order valence-corrected chi connectivity index (χ2v) is 6.31. The molecule has 0 spiro atoms. The third kappa shape index (κ3) is 2.53. The molecule has 0 aromatic heterocycles. The van der Waals surface area contributed by atoms with Gasteiger partial charge < -0.3 is 5.32 Å². The lowest BCUT2D eigenvalue weighted by atomic mass is 10.0. The molecule has 3 heteroatoms. The molecule has 88 valence electrons. The van der Waals surface area contributed by atoms with E-state index in [1.165, 1.54) is 11.1 Å². The summed E-state index contributed by atoms with van der Waals surface area (Å²) in [5, 5.41) is 3.74. The van der Waals surface area contributed by atoms with Gasteiger partial charge in [0.05, 0.1) is 0 Å². The molecule has 1 aliphatic heterocycles. The zero-order chi connectivity index (χ0) is 11.5. The van der Waals surface area contributed by atoms with Crippen LogP contribution in [0.25, 0.3) is 0 Å². The van der Waals surface area contributed by atoms with E-state index in [1.807, 2.05) is 6.92 Å². The standard InChI is InChI=1S/C13H19NOS/c1-3-11-4-6-12(7-5-11)13-9-16(15)10(2)8-14-13/h4-7,10,13-14H,3,8-9H2,1-2H3. The van der Waals surface area contributed by atoms with Crippen LogP contribution >= 0.6 is 0 Å². The summed E-state index contributed by atoms with van der Waals surface area (Å²) < 4.78 is 11.8. The van der Waals surface area contributed by atoms with E-state index in [-0.39, 0.29) is 11.3 Å². The Morgan fingerprint density at radius 2 is 2.06 bits per heavy atom. The van der Waals surface area contributed by atoms with E-state index in [0.717, 1.165) is 18.7 Å². The van der Waals surface area contributed by atoms with Gasteiger partial charge in [-0.3, -0.25) is 4.21 Å². The number of benzene rings is 1. The van der Waals surface area contributed by atoms with Crippen molar-refractivity contribution in [3.63, 3.8) is 0 Å². The minimum absolute atomic E-state index is 0.267. The zero-order valence-corrected chi connectivity index (χ0v) is 10.7. The smallest absolute Gasteiger partial charge is 0.0445 e. The predicted octanol–water partition coefficient (Wildman–Crippen LogP) is 2.03. The van der Waals surface area contributed by atoms with Crippen molar-refractivity contribution in [1.82, 2.24) is 5.32 Å². The fraction of sp³-hybridized carbons (Fsp3) is 0.538. The summed E-state index contributed by atoms with van der Waals surface area (Å²) in [5.74, 6) is 0.743. The van der Waals surface area contributed by atoms with Crippen molar-refractivity contribution in [3.8, 4) is 0 Å². The molecule has 1 N–H and O–H groups in total. The molecule has 0 aliphatic carbocycles. The maximum absolute atomic E-state index is 11.8. The summed E-state index contributed by atoms with van der Waals surface area (Å²) in [6.07, 6.45) is 1.07. The van der Waals surface area contributed by atoms with E-state index >= 15 is 0 Å². The van der Waals surface area contributed by atoms with Crippen LogP contribution in [0.15, 0.2) is 24.3 Å². The first-order chi connectivity index (χ1) is 7.70. The van der Waals surface area contributed by atoms with E-state index in [4.69, 9.17) is 0 Å². The normalized spacial score (nSPS) is 30.2. The Balaban J connectivity index is 2.09. The molecule has 3 atom stereocenters. The van der Waals surface area contributed by atoms with Crippen LogP contribution in [0.3, 0.4) is 0 Å². The summed E-state index contributed by atoms with van der Waals surface area (Å²) in [7, 11) is -0.685. The van der Waals surface area contributed by atoms with Gasteiger partial charge in [-0.05, 0) is 24.5 Å². The quantitative estimate of drug-likeness (QED) is 0.853. The van der Waals surface area contributed by atoms with Crippen LogP contribution in [0.5, 0.6) is 0 Å². The predicted molar refractivity (Wildman–Crippen MR) is 69.0 cm³/mol. The number of nitrogens with one attached hydrogen (secondary N) is 1. The Hall–Kier alpha value is -0.670. The van der Waals surface area contributed by atoms with Crippen LogP contribution < -0.4 is 5.32 Å². The van der Waals surface area contributed by atoms with Gasteiger partial charge in [0.25, 0.3) is 0 Å². The Morgan fingerprint density at radius 3 is 2.62 bits per heavy atom. The van der Waals surface area contributed by atoms with Crippen molar-refractivity contribution in [2.45, 2.75) is 31.6 Å². The molecule has 3 unspecified atom stereocenters. The number of hydrogen-bond donors (Lipinski definition) is 1. The Kier molecular flexibility index (Phi) is 3.77. The van der Waals surface area contributed by atoms with Crippen LogP contribution in [-0.2, 0) is 17.2 Å². The molecule has 2 nitrogen and oxygen atoms in total. The van der Waals surface area contributed by atoms with Gasteiger partial charge in [0, 0.05) is 34.4 Å². The summed E-state index contributed by atoms with van der Waals surface area (Å²) in [5.41, 5.74) is 2.62. The van der Waals surface area contributed by atoms with Crippen LogP contribution in [-0.4, -0.2) is 21.8 Å². The highest BCUT2D eigenvalue weighted by atomic mass is 32.2. The Bertz CT molecular complexity index is 374. The van der Waals surface area contributed by atoms with Crippen LogP contribution in [0, 0.1) is 0 Å². The van der Waals surface area contributed by atoms with Crippen LogP contribution in [0.2, 0.25) is 0 Å². The van der Waals surface area contributed by atoms with Gasteiger partial charge in [0.2, 0.25) is 0 Å². The minimum Gasteiger partial charge on any atom is -0.308 e. The average molecular weight is 237 g/mol. The molecular weight excluding hydrogens is 218 g/mol. The highest BCUT2D eigenvalue weighted by Crippen LogP contribution is 2.20. The van der Waals surface area contributed by atoms with Crippen molar-refractivity contribution >= 4 is 10.8 Å². The molecule has 16 heavy (non-hydrogen) atoms. The minimum atomic E-state index is -0.685. The second kappa shape index (κ2) is 5.11. The SMILES string of the molecule is CCc1ccc(C2CS(=O)C(C)CN2)cc1. The average Bonchev–Trinajstić information content (AvgIpc) is 2.33. The summed E-state index contributed by atoms with van der Waals surface area (Å²) in [6.45, 7) is 5.05. The lowest BCUT2D eigenvalue weighted by Gasteiger charge is -2.27. The van der Waals surface area contributed by atoms with E-state index in [2.05, 4.69) is 36.5 Å². The van der Waals surface area contributed by atoms with Gasteiger partial charge in [0.15, 0.2) is 0 Å². The van der Waals surface area contributed by atoms with Gasteiger partial charge in [0.1, 0.15) is 0 Å². The van der Waals surface area contributed by atoms with Crippen molar-refractivity contribution in [2.75, 3.05) is 12.3 Å². The second-order valence-electron chi connectivity index (χ2n) is 4.41. The molecule has 1 aromatic rings. The number of rotatable bonds is 2. The van der Waals surface area contributed by atoms with Crippen LogP contribution in [0.4, 0.5) is 0 Å². The number of hydrogen-bond acceptors (Lipinski definition) is 2. The molecule has 1 fully saturated rings. The lowest BCUT2D eigenvalue weighted by molar-refractivity contribution is 0.540. The van der Waals surface area contributed by atoms with E-state index in [1.54, 1.807) is 0 Å². The third-order valence-electron chi connectivity index (χ3n) is 3.22. The zero-order valence-electron chi connectivity index (χ0n) is 9.90. The highest BCUT2D eigenvalue weighted by Gasteiger charge is 2.24. The third-order valence-corrected chi connectivity index (χ3v) is 4.95. The molecule has 1 saturated heterocycles. The van der Waals surface area contributed by atoms with Gasteiger partial charge in [-0.15, -0.1) is 0 Å². The van der Waals surface area contributed by atoms with Crippen molar-refractivity contribution < 1.29 is 4.21 Å². The van der Waals surface area contributed by atoms with Gasteiger partial charge in [-0.1, -0.05) is 31.2 Å². The molecule has 1 heterocycles. The summed E-state index contributed by atoms with van der Waals surface area (Å²) in [6, 6.07) is 8.91. The Labute approximate surface area is 99.9 Å². The van der Waals surface area contributed by atoms with E-state index in [9.17, 15) is 4.21 Å². The van der Waals surface area contributed by atoms with Gasteiger partial charge in [-0.2, -0.15) is 0 Å². The molecule has 2 rings (SSSR count). The first-order valence-corrected chi connectivity index (χ1v) is 7.28. The Morgan fingerprint density at radius 1 is 1.38 bits per heavy atom. The molecular formula is C13H19NOS. The molecule has 1 aliphatic rings. The molecule has 0 radical (unpaired) electrons. The molecule has 0 bridgehead atoms. The van der Waals surface area contributed by atoms with Crippen molar-refractivity contribution in [1.29, 1.82) is 0 Å². The molecule has 0 saturated carbocycles. The fourth-order valence-corrected chi connectivity index (χ4v) is 3.24. The molecule has 1 aromatic carbocycles. The first kappa shape index (κ1) is 11.8. The van der Waals surface area contributed by atoms with E-state index < -0.39 is 10.8 Å². The maximum Gasteiger partial charge on any atom is 0.0445 e. The maximum atomic E-state index is 11.8. The van der Waals surface area contributed by atoms with Crippen molar-refractivity contribution in [3.05, 3.63) is 35.4 Å². The topological polar surface area (TPSA) is 29.1 Å². The first-order valence-electron chi connectivity index (χ1n) is 5.90. The number of aryl methyl sites for hydroxylation is 1.